The molecule has 4 N–H and O–H groups in total. The summed E-state index contributed by atoms with van der Waals surface area (Å²) in [6, 6.07) is 0. The molecule has 0 aromatic carbocycles. The van der Waals surface area contributed by atoms with E-state index in [4.69, 9.17) is 15.2 Å². The van der Waals surface area contributed by atoms with Gasteiger partial charge in [0, 0.05) is 12.8 Å². The first-order valence-electron chi connectivity index (χ1n) is 7.21. The number of fused-ring (bicyclic) bond motifs is 1. The number of nitrogens with zero attached hydrogens (tertiary/aromatic N) is 3. The van der Waals surface area contributed by atoms with E-state index in [1.165, 1.54) is 10.9 Å². The molecule has 2 aromatic heterocycles. The first kappa shape index (κ1) is 15.4. The van der Waals surface area contributed by atoms with E-state index in [1.54, 1.807) is 6.92 Å². The molecule has 2 aromatic rings. The number of hydrogen-bond acceptors (Lipinski definition) is 8. The second-order valence-electron chi connectivity index (χ2n) is 5.24. The molecule has 0 bridgehead atoms. The molecule has 23 heavy (non-hydrogen) atoms. The number of nitrogen functional groups attached to an aromatic ring is 1. The van der Waals surface area contributed by atoms with Gasteiger partial charge in [-0.1, -0.05) is 6.92 Å². The average Bonchev–Trinajstić information content (AvgIpc) is 3.08. The SMILES string of the molecule is CCC(=O)OCC1OC(n2cnc3c(=O)[nH]c(N)nc32)C[C@@H]1O. The van der Waals surface area contributed by atoms with Gasteiger partial charge in [0.2, 0.25) is 5.95 Å². The summed E-state index contributed by atoms with van der Waals surface area (Å²) in [5, 5.41) is 10.1. The Kier molecular flexibility index (Phi) is 4.01. The predicted octanol–water partition coefficient (Wildman–Crippen LogP) is -0.697. The minimum atomic E-state index is -0.804. The van der Waals surface area contributed by atoms with Crippen molar-refractivity contribution in [2.24, 2.45) is 0 Å². The molecule has 1 aliphatic rings. The van der Waals surface area contributed by atoms with Crippen LogP contribution in [0, 0.1) is 0 Å². The fourth-order valence-electron chi connectivity index (χ4n) is 2.47. The number of rotatable bonds is 4. The maximum atomic E-state index is 11.8. The van der Waals surface area contributed by atoms with E-state index in [0.29, 0.717) is 0 Å². The molecule has 3 heterocycles. The van der Waals surface area contributed by atoms with Crippen molar-refractivity contribution in [1.82, 2.24) is 19.5 Å². The maximum absolute atomic E-state index is 11.8. The van der Waals surface area contributed by atoms with E-state index in [2.05, 4.69) is 15.0 Å². The van der Waals surface area contributed by atoms with Gasteiger partial charge in [-0.2, -0.15) is 4.98 Å². The van der Waals surface area contributed by atoms with Crippen LogP contribution >= 0.6 is 0 Å². The van der Waals surface area contributed by atoms with Gasteiger partial charge in [-0.05, 0) is 0 Å². The Hall–Kier alpha value is -2.46. The lowest BCUT2D eigenvalue weighted by Crippen LogP contribution is -2.27. The molecule has 3 rings (SSSR count). The molecule has 0 saturated carbocycles. The lowest BCUT2D eigenvalue weighted by Gasteiger charge is -2.15. The number of esters is 1. The van der Waals surface area contributed by atoms with Crippen molar-refractivity contribution in [2.45, 2.75) is 38.2 Å². The summed E-state index contributed by atoms with van der Waals surface area (Å²) in [6.45, 7) is 1.65. The van der Waals surface area contributed by atoms with Gasteiger partial charge in [0.15, 0.2) is 11.2 Å². The first-order chi connectivity index (χ1) is 11.0. The first-order valence-corrected chi connectivity index (χ1v) is 7.21. The number of anilines is 1. The summed E-state index contributed by atoms with van der Waals surface area (Å²) in [5.41, 5.74) is 5.51. The average molecular weight is 323 g/mol. The molecule has 10 nitrogen and oxygen atoms in total. The number of carbonyl (C=O) groups excluding carboxylic acids is 1. The van der Waals surface area contributed by atoms with E-state index in [-0.39, 0.29) is 42.5 Å². The van der Waals surface area contributed by atoms with E-state index in [9.17, 15) is 14.7 Å². The topological polar surface area (TPSA) is 145 Å². The highest BCUT2D eigenvalue weighted by Crippen LogP contribution is 2.30. The molecule has 0 amide bonds. The molecule has 1 fully saturated rings. The fraction of sp³-hybridized carbons (Fsp3) is 0.538. The third kappa shape index (κ3) is 2.90. The molecule has 1 saturated heterocycles. The Balaban J connectivity index is 1.81. The molecule has 124 valence electrons. The summed E-state index contributed by atoms with van der Waals surface area (Å²) in [6.07, 6.45) is -0.106. The van der Waals surface area contributed by atoms with Gasteiger partial charge in [-0.3, -0.25) is 19.1 Å². The van der Waals surface area contributed by atoms with E-state index < -0.39 is 24.0 Å². The van der Waals surface area contributed by atoms with Crippen LogP contribution in [0.3, 0.4) is 0 Å². The molecular formula is C13H17N5O5. The quantitative estimate of drug-likeness (QED) is 0.626. The zero-order valence-corrected chi connectivity index (χ0v) is 12.4. The van der Waals surface area contributed by atoms with Crippen LogP contribution < -0.4 is 11.3 Å². The summed E-state index contributed by atoms with van der Waals surface area (Å²) in [7, 11) is 0. The smallest absolute Gasteiger partial charge is 0.305 e. The Morgan fingerprint density at radius 3 is 3.17 bits per heavy atom. The van der Waals surface area contributed by atoms with Gasteiger partial charge in [-0.25, -0.2) is 4.98 Å². The van der Waals surface area contributed by atoms with Crippen molar-refractivity contribution >= 4 is 23.1 Å². The predicted molar refractivity (Wildman–Crippen MR) is 78.3 cm³/mol. The molecule has 0 aliphatic carbocycles. The molecule has 2 unspecified atom stereocenters. The third-order valence-corrected chi connectivity index (χ3v) is 3.66. The molecule has 1 aliphatic heterocycles. The summed E-state index contributed by atoms with van der Waals surface area (Å²) in [4.78, 5) is 33.4. The highest BCUT2D eigenvalue weighted by atomic mass is 16.6. The normalized spacial score (nSPS) is 24.2. The molecular weight excluding hydrogens is 306 g/mol. The number of aromatic nitrogens is 4. The van der Waals surface area contributed by atoms with Crippen LogP contribution in [0.1, 0.15) is 26.0 Å². The highest BCUT2D eigenvalue weighted by molar-refractivity contribution is 5.70. The number of H-pyrrole nitrogens is 1. The second kappa shape index (κ2) is 5.97. The molecule has 0 radical (unpaired) electrons. The summed E-state index contributed by atoms with van der Waals surface area (Å²) in [5.74, 6) is -0.394. The Morgan fingerprint density at radius 1 is 1.65 bits per heavy atom. The van der Waals surface area contributed by atoms with Crippen molar-refractivity contribution in [3.05, 3.63) is 16.7 Å². The van der Waals surface area contributed by atoms with Crippen molar-refractivity contribution < 1.29 is 19.4 Å². The van der Waals surface area contributed by atoms with Gasteiger partial charge >= 0.3 is 5.97 Å². The molecule has 3 atom stereocenters. The minimum absolute atomic E-state index is 0.0313. The summed E-state index contributed by atoms with van der Waals surface area (Å²) < 4.78 is 12.2. The number of nitrogens with one attached hydrogen (secondary N) is 1. The Bertz CT molecular complexity index is 785. The summed E-state index contributed by atoms with van der Waals surface area (Å²) >= 11 is 0. The van der Waals surface area contributed by atoms with Crippen LogP contribution in [0.15, 0.2) is 11.1 Å². The fourth-order valence-corrected chi connectivity index (χ4v) is 2.47. The Morgan fingerprint density at radius 2 is 2.43 bits per heavy atom. The number of nitrogens with two attached hydrogens (primary N) is 1. The van der Waals surface area contributed by atoms with Gasteiger partial charge < -0.3 is 20.3 Å². The van der Waals surface area contributed by atoms with Crippen LogP contribution in [0.2, 0.25) is 0 Å². The Labute approximate surface area is 130 Å². The second-order valence-corrected chi connectivity index (χ2v) is 5.24. The lowest BCUT2D eigenvalue weighted by atomic mass is 10.2. The van der Waals surface area contributed by atoms with E-state index in [0.717, 1.165) is 0 Å². The van der Waals surface area contributed by atoms with E-state index in [1.807, 2.05) is 0 Å². The monoisotopic (exact) mass is 323 g/mol. The minimum Gasteiger partial charge on any atom is -0.463 e. The van der Waals surface area contributed by atoms with Gasteiger partial charge in [0.05, 0.1) is 12.4 Å². The van der Waals surface area contributed by atoms with Crippen LogP contribution in [0.25, 0.3) is 11.2 Å². The number of aromatic amines is 1. The number of ether oxygens (including phenoxy) is 2. The maximum Gasteiger partial charge on any atom is 0.305 e. The van der Waals surface area contributed by atoms with Crippen molar-refractivity contribution in [3.63, 3.8) is 0 Å². The zero-order valence-electron chi connectivity index (χ0n) is 12.4. The highest BCUT2D eigenvalue weighted by Gasteiger charge is 2.36. The largest absolute Gasteiger partial charge is 0.463 e. The van der Waals surface area contributed by atoms with Gasteiger partial charge in [0.1, 0.15) is 18.9 Å². The number of aliphatic hydroxyl groups is 1. The third-order valence-electron chi connectivity index (χ3n) is 3.66. The zero-order chi connectivity index (χ0) is 16.6. The van der Waals surface area contributed by atoms with Crippen LogP contribution in [-0.4, -0.2) is 49.4 Å². The number of aliphatic hydroxyl groups excluding tert-OH is 1. The standard InChI is InChI=1S/C13H17N5O5/c1-2-9(20)22-4-7-6(19)3-8(23-7)18-5-15-10-11(18)16-13(14)17-12(10)21/h5-8,19H,2-4H2,1H3,(H3,14,16,17,21)/t6-,7?,8?/m0/s1. The van der Waals surface area contributed by atoms with Crippen LogP contribution in [0.4, 0.5) is 5.95 Å². The van der Waals surface area contributed by atoms with Gasteiger partial charge in [0.25, 0.3) is 5.56 Å². The van der Waals surface area contributed by atoms with Crippen molar-refractivity contribution in [2.75, 3.05) is 12.3 Å². The number of carbonyl (C=O) groups is 1. The molecule has 0 spiro atoms. The van der Waals surface area contributed by atoms with E-state index >= 15 is 0 Å². The molecule has 10 heteroatoms. The lowest BCUT2D eigenvalue weighted by molar-refractivity contribution is -0.149. The van der Waals surface area contributed by atoms with Gasteiger partial charge in [-0.15, -0.1) is 0 Å². The van der Waals surface area contributed by atoms with Crippen molar-refractivity contribution in [1.29, 1.82) is 0 Å². The van der Waals surface area contributed by atoms with Crippen LogP contribution in [0.5, 0.6) is 0 Å². The number of hydrogen-bond donors (Lipinski definition) is 3. The van der Waals surface area contributed by atoms with Crippen molar-refractivity contribution in [3.8, 4) is 0 Å². The number of imidazole rings is 1. The van der Waals surface area contributed by atoms with Crippen LogP contribution in [-0.2, 0) is 14.3 Å².